The van der Waals surface area contributed by atoms with Crippen LogP contribution in [0.5, 0.6) is 0 Å². The number of hydrogen-bond acceptors (Lipinski definition) is 1. The van der Waals surface area contributed by atoms with Gasteiger partial charge in [-0.1, -0.05) is 31.2 Å². The quantitative estimate of drug-likeness (QED) is 0.763. The van der Waals surface area contributed by atoms with Gasteiger partial charge in [0.25, 0.3) is 0 Å². The molecule has 0 fully saturated rings. The monoisotopic (exact) mass is 185 g/mol. The largest absolute Gasteiger partial charge is 0.313 e. The molecule has 0 unspecified atom stereocenters. The highest BCUT2D eigenvalue weighted by Crippen LogP contribution is 2.05. The average molecular weight is 186 g/mol. The molecule has 0 aliphatic heterocycles. The molecule has 1 rings (SSSR count). The summed E-state index contributed by atoms with van der Waals surface area (Å²) in [6.45, 7) is 6.29. The van der Waals surface area contributed by atoms with Gasteiger partial charge in [0, 0.05) is 6.54 Å². The maximum absolute atomic E-state index is 3.31. The Kier molecular flexibility index (Phi) is 5.77. The van der Waals surface area contributed by atoms with E-state index in [2.05, 4.69) is 43.4 Å². The molecular weight excluding hydrogens is 170 g/mol. The van der Waals surface area contributed by atoms with Crippen molar-refractivity contribution in [1.29, 1.82) is 0 Å². The first-order valence-corrected chi connectivity index (χ1v) is 4.10. The first-order valence-electron chi connectivity index (χ1n) is 4.10. The van der Waals surface area contributed by atoms with Gasteiger partial charge in [0.15, 0.2) is 0 Å². The summed E-state index contributed by atoms with van der Waals surface area (Å²) < 4.78 is 0. The molecule has 1 N–H and O–H groups in total. The molecule has 0 aliphatic rings. The summed E-state index contributed by atoms with van der Waals surface area (Å²) in [5.41, 5.74) is 2.77. The minimum Gasteiger partial charge on any atom is -0.313 e. The third-order valence-electron chi connectivity index (χ3n) is 1.83. The fraction of sp³-hybridized carbons (Fsp3) is 0.400. The van der Waals surface area contributed by atoms with Gasteiger partial charge in [-0.3, -0.25) is 0 Å². The van der Waals surface area contributed by atoms with Crippen LogP contribution >= 0.6 is 12.4 Å². The number of rotatable bonds is 3. The molecule has 0 aromatic heterocycles. The second-order valence-corrected chi connectivity index (χ2v) is 2.71. The summed E-state index contributed by atoms with van der Waals surface area (Å²) in [5, 5.41) is 3.31. The third-order valence-corrected chi connectivity index (χ3v) is 1.83. The van der Waals surface area contributed by atoms with Gasteiger partial charge in [-0.05, 0) is 24.6 Å². The van der Waals surface area contributed by atoms with Crippen molar-refractivity contribution in [2.75, 3.05) is 6.54 Å². The second-order valence-electron chi connectivity index (χ2n) is 2.71. The van der Waals surface area contributed by atoms with Crippen LogP contribution in [0.15, 0.2) is 24.3 Å². The lowest BCUT2D eigenvalue weighted by atomic mass is 10.1. The van der Waals surface area contributed by atoms with Crippen molar-refractivity contribution < 1.29 is 0 Å². The summed E-state index contributed by atoms with van der Waals surface area (Å²) in [7, 11) is 0. The fourth-order valence-corrected chi connectivity index (χ4v) is 1.07. The Labute approximate surface area is 80.6 Å². The van der Waals surface area contributed by atoms with E-state index in [1.165, 1.54) is 11.1 Å². The van der Waals surface area contributed by atoms with Crippen LogP contribution in [0.4, 0.5) is 0 Å². The molecule has 0 aliphatic carbocycles. The predicted molar refractivity (Wildman–Crippen MR) is 55.8 cm³/mol. The van der Waals surface area contributed by atoms with E-state index in [-0.39, 0.29) is 12.4 Å². The zero-order valence-electron chi connectivity index (χ0n) is 7.63. The Morgan fingerprint density at radius 1 is 1.25 bits per heavy atom. The van der Waals surface area contributed by atoms with Crippen molar-refractivity contribution in [2.45, 2.75) is 20.4 Å². The van der Waals surface area contributed by atoms with Crippen LogP contribution < -0.4 is 5.32 Å². The Balaban J connectivity index is 0.00000121. The summed E-state index contributed by atoms with van der Waals surface area (Å²) in [4.78, 5) is 0. The maximum Gasteiger partial charge on any atom is 0.0208 e. The van der Waals surface area contributed by atoms with Crippen molar-refractivity contribution in [3.8, 4) is 0 Å². The molecule has 0 heterocycles. The predicted octanol–water partition coefficient (Wildman–Crippen LogP) is 2.53. The van der Waals surface area contributed by atoms with Crippen molar-refractivity contribution >= 4 is 12.4 Å². The van der Waals surface area contributed by atoms with Gasteiger partial charge in [0.2, 0.25) is 0 Å². The van der Waals surface area contributed by atoms with E-state index in [4.69, 9.17) is 0 Å². The van der Waals surface area contributed by atoms with Gasteiger partial charge in [-0.15, -0.1) is 12.4 Å². The smallest absolute Gasteiger partial charge is 0.0208 e. The maximum atomic E-state index is 3.31. The first kappa shape index (κ1) is 11.5. The molecule has 68 valence electrons. The van der Waals surface area contributed by atoms with Gasteiger partial charge in [0.1, 0.15) is 0 Å². The molecule has 1 aromatic rings. The van der Waals surface area contributed by atoms with Gasteiger partial charge >= 0.3 is 0 Å². The minimum absolute atomic E-state index is 0. The van der Waals surface area contributed by atoms with E-state index in [1.807, 2.05) is 0 Å². The van der Waals surface area contributed by atoms with Crippen LogP contribution in [0.3, 0.4) is 0 Å². The highest BCUT2D eigenvalue weighted by atomic mass is 35.5. The lowest BCUT2D eigenvalue weighted by Gasteiger charge is -2.04. The van der Waals surface area contributed by atoms with Crippen molar-refractivity contribution in [2.24, 2.45) is 0 Å². The molecule has 1 aromatic carbocycles. The molecule has 0 radical (unpaired) electrons. The number of nitrogens with one attached hydrogen (secondary N) is 1. The van der Waals surface area contributed by atoms with Crippen molar-refractivity contribution in [3.63, 3.8) is 0 Å². The molecule has 0 amide bonds. The van der Waals surface area contributed by atoms with Crippen LogP contribution in [0, 0.1) is 6.92 Å². The van der Waals surface area contributed by atoms with Gasteiger partial charge < -0.3 is 5.32 Å². The fourth-order valence-electron chi connectivity index (χ4n) is 1.07. The highest BCUT2D eigenvalue weighted by Gasteiger charge is 1.93. The molecule has 0 saturated heterocycles. The number of aryl methyl sites for hydroxylation is 1. The molecule has 0 atom stereocenters. The zero-order chi connectivity index (χ0) is 8.10. The average Bonchev–Trinajstić information content (AvgIpc) is 2.03. The van der Waals surface area contributed by atoms with Crippen LogP contribution in [0.1, 0.15) is 18.1 Å². The standard InChI is InChI=1S/C10H15N.ClH/c1-3-11-8-10-7-5-4-6-9(10)2;/h4-7,11H,3,8H2,1-2H3;1H. The third kappa shape index (κ3) is 3.24. The van der Waals surface area contributed by atoms with Gasteiger partial charge in [0.05, 0.1) is 0 Å². The van der Waals surface area contributed by atoms with Crippen LogP contribution in [0.25, 0.3) is 0 Å². The Morgan fingerprint density at radius 3 is 2.50 bits per heavy atom. The Hall–Kier alpha value is -0.530. The van der Waals surface area contributed by atoms with E-state index in [0.717, 1.165) is 13.1 Å². The van der Waals surface area contributed by atoms with E-state index in [1.54, 1.807) is 0 Å². The molecule has 0 bridgehead atoms. The van der Waals surface area contributed by atoms with Crippen molar-refractivity contribution in [3.05, 3.63) is 35.4 Å². The SMILES string of the molecule is CCNCc1ccccc1C.Cl. The van der Waals surface area contributed by atoms with E-state index in [9.17, 15) is 0 Å². The summed E-state index contributed by atoms with van der Waals surface area (Å²) >= 11 is 0. The topological polar surface area (TPSA) is 12.0 Å². The number of hydrogen-bond donors (Lipinski definition) is 1. The van der Waals surface area contributed by atoms with E-state index in [0.29, 0.717) is 0 Å². The molecular formula is C10H16ClN. The number of halogens is 1. The minimum atomic E-state index is 0. The Morgan fingerprint density at radius 2 is 1.92 bits per heavy atom. The molecule has 12 heavy (non-hydrogen) atoms. The lowest BCUT2D eigenvalue weighted by Crippen LogP contribution is -2.12. The molecule has 2 heteroatoms. The van der Waals surface area contributed by atoms with Crippen LogP contribution in [0.2, 0.25) is 0 Å². The Bertz CT molecular complexity index is 223. The summed E-state index contributed by atoms with van der Waals surface area (Å²) in [6.07, 6.45) is 0. The summed E-state index contributed by atoms with van der Waals surface area (Å²) in [5.74, 6) is 0. The van der Waals surface area contributed by atoms with E-state index >= 15 is 0 Å². The molecule has 0 spiro atoms. The van der Waals surface area contributed by atoms with Gasteiger partial charge in [-0.25, -0.2) is 0 Å². The first-order chi connectivity index (χ1) is 5.34. The zero-order valence-corrected chi connectivity index (χ0v) is 8.45. The van der Waals surface area contributed by atoms with Crippen LogP contribution in [-0.4, -0.2) is 6.54 Å². The second kappa shape index (κ2) is 6.04. The van der Waals surface area contributed by atoms with Crippen LogP contribution in [-0.2, 0) is 6.54 Å². The normalized spacial score (nSPS) is 9.17. The van der Waals surface area contributed by atoms with E-state index < -0.39 is 0 Å². The lowest BCUT2D eigenvalue weighted by molar-refractivity contribution is 0.723. The molecule has 0 saturated carbocycles. The van der Waals surface area contributed by atoms with Crippen molar-refractivity contribution in [1.82, 2.24) is 5.32 Å². The molecule has 1 nitrogen and oxygen atoms in total. The van der Waals surface area contributed by atoms with Gasteiger partial charge in [-0.2, -0.15) is 0 Å². The highest BCUT2D eigenvalue weighted by molar-refractivity contribution is 5.85. The number of benzene rings is 1. The summed E-state index contributed by atoms with van der Waals surface area (Å²) in [6, 6.07) is 8.47.